The largest absolute Gasteiger partial charge is 0.370 e. The second-order valence-corrected chi connectivity index (χ2v) is 6.46. The smallest absolute Gasteiger partial charge is 0.193 e. The van der Waals surface area contributed by atoms with Gasteiger partial charge in [0.25, 0.3) is 0 Å². The van der Waals surface area contributed by atoms with E-state index in [1.807, 2.05) is 6.92 Å². The fourth-order valence-corrected chi connectivity index (χ4v) is 3.25. The average molecular weight is 301 g/mol. The van der Waals surface area contributed by atoms with Gasteiger partial charge in [0.15, 0.2) is 5.96 Å². The molecule has 1 aromatic carbocycles. The molecule has 0 fully saturated rings. The maximum Gasteiger partial charge on any atom is 0.193 e. The van der Waals surface area contributed by atoms with Crippen LogP contribution in [0, 0.1) is 6.92 Å². The van der Waals surface area contributed by atoms with E-state index < -0.39 is 0 Å². The van der Waals surface area contributed by atoms with Crippen LogP contribution in [0.3, 0.4) is 0 Å². The van der Waals surface area contributed by atoms with E-state index in [9.17, 15) is 0 Å². The van der Waals surface area contributed by atoms with Crippen LogP contribution >= 0.6 is 11.3 Å². The number of rotatable bonds is 4. The first-order valence-electron chi connectivity index (χ1n) is 7.18. The van der Waals surface area contributed by atoms with Gasteiger partial charge in [0.05, 0.1) is 0 Å². The van der Waals surface area contributed by atoms with Crippen molar-refractivity contribution in [3.63, 3.8) is 0 Å². The summed E-state index contributed by atoms with van der Waals surface area (Å²) in [4.78, 5) is 4.34. The fourth-order valence-electron chi connectivity index (χ4n) is 2.55. The monoisotopic (exact) mass is 301 g/mol. The number of hydrogen-bond acceptors (Lipinski definition) is 4. The van der Waals surface area contributed by atoms with Gasteiger partial charge in [-0.1, -0.05) is 6.07 Å². The normalized spacial score (nSPS) is 14.2. The maximum absolute atomic E-state index is 5.93. The molecule has 2 aromatic rings. The second-order valence-electron chi connectivity index (χ2n) is 5.19. The molecule has 110 valence electrons. The van der Waals surface area contributed by atoms with E-state index in [0.717, 1.165) is 28.5 Å². The zero-order valence-corrected chi connectivity index (χ0v) is 12.9. The molecule has 0 spiro atoms. The van der Waals surface area contributed by atoms with Crippen molar-refractivity contribution in [2.75, 3.05) is 11.9 Å². The van der Waals surface area contributed by atoms with Crippen LogP contribution in [-0.2, 0) is 19.3 Å². The summed E-state index contributed by atoms with van der Waals surface area (Å²) in [6.07, 6.45) is 4.39. The third kappa shape index (κ3) is 3.58. The number of anilines is 1. The standard InChI is InChI=1S/C15H19N5S/c1-10-19-20-14(21-10)7-8-17-15(16)18-13-6-5-11-3-2-4-12(11)9-13/h5-6,9H,2-4,7-8H2,1H3,(H3,16,17,18). The lowest BCUT2D eigenvalue weighted by atomic mass is 10.1. The zero-order valence-electron chi connectivity index (χ0n) is 12.1. The van der Waals surface area contributed by atoms with Crippen LogP contribution in [0.2, 0.25) is 0 Å². The molecule has 0 aliphatic heterocycles. The number of hydrogen-bond donors (Lipinski definition) is 2. The molecule has 5 nitrogen and oxygen atoms in total. The minimum Gasteiger partial charge on any atom is -0.370 e. The number of aliphatic imine (C=N–C) groups is 1. The van der Waals surface area contributed by atoms with Crippen molar-refractivity contribution in [3.8, 4) is 0 Å². The first kappa shape index (κ1) is 14.0. The highest BCUT2D eigenvalue weighted by molar-refractivity contribution is 7.11. The lowest BCUT2D eigenvalue weighted by molar-refractivity contribution is 0.904. The molecule has 1 aliphatic rings. The number of nitrogens with one attached hydrogen (secondary N) is 1. The van der Waals surface area contributed by atoms with Crippen LogP contribution in [0.25, 0.3) is 0 Å². The van der Waals surface area contributed by atoms with E-state index in [-0.39, 0.29) is 0 Å². The van der Waals surface area contributed by atoms with Crippen molar-refractivity contribution in [1.29, 1.82) is 0 Å². The summed E-state index contributed by atoms with van der Waals surface area (Å²) in [6, 6.07) is 6.43. The Morgan fingerprint density at radius 1 is 1.33 bits per heavy atom. The first-order chi connectivity index (χ1) is 10.2. The van der Waals surface area contributed by atoms with Crippen molar-refractivity contribution in [3.05, 3.63) is 39.3 Å². The van der Waals surface area contributed by atoms with Crippen molar-refractivity contribution in [1.82, 2.24) is 10.2 Å². The predicted molar refractivity (Wildman–Crippen MR) is 86.9 cm³/mol. The molecule has 3 rings (SSSR count). The Kier molecular flexibility index (Phi) is 4.15. The van der Waals surface area contributed by atoms with E-state index >= 15 is 0 Å². The van der Waals surface area contributed by atoms with E-state index in [0.29, 0.717) is 12.5 Å². The predicted octanol–water partition coefficient (Wildman–Crippen LogP) is 2.30. The van der Waals surface area contributed by atoms with Crippen LogP contribution < -0.4 is 11.1 Å². The Balaban J connectivity index is 1.55. The quantitative estimate of drug-likeness (QED) is 0.671. The zero-order chi connectivity index (χ0) is 14.7. The minimum atomic E-state index is 0.453. The fraction of sp³-hybridized carbons (Fsp3) is 0.400. The Labute approximate surface area is 128 Å². The molecule has 21 heavy (non-hydrogen) atoms. The Hall–Kier alpha value is -1.95. The van der Waals surface area contributed by atoms with Gasteiger partial charge < -0.3 is 11.1 Å². The van der Waals surface area contributed by atoms with Crippen LogP contribution in [0.4, 0.5) is 5.69 Å². The van der Waals surface area contributed by atoms with E-state index in [4.69, 9.17) is 5.73 Å². The molecule has 0 atom stereocenters. The van der Waals surface area contributed by atoms with Crippen molar-refractivity contribution in [2.45, 2.75) is 32.6 Å². The number of benzene rings is 1. The van der Waals surface area contributed by atoms with E-state index in [1.54, 1.807) is 11.3 Å². The number of fused-ring (bicyclic) bond motifs is 1. The molecule has 0 saturated carbocycles. The van der Waals surface area contributed by atoms with Crippen LogP contribution in [0.1, 0.15) is 27.6 Å². The molecular formula is C15H19N5S. The van der Waals surface area contributed by atoms with Gasteiger partial charge in [-0.15, -0.1) is 21.5 Å². The summed E-state index contributed by atoms with van der Waals surface area (Å²) in [5.41, 5.74) is 9.83. The summed E-state index contributed by atoms with van der Waals surface area (Å²) in [7, 11) is 0. The van der Waals surface area contributed by atoms with Gasteiger partial charge in [0.1, 0.15) is 10.0 Å². The molecule has 1 aliphatic carbocycles. The summed E-state index contributed by atoms with van der Waals surface area (Å²) in [5, 5.41) is 13.2. The molecule has 0 bridgehead atoms. The van der Waals surface area contributed by atoms with Crippen LogP contribution in [0.5, 0.6) is 0 Å². The molecule has 1 heterocycles. The second kappa shape index (κ2) is 6.22. The maximum atomic E-state index is 5.93. The Morgan fingerprint density at radius 2 is 2.19 bits per heavy atom. The van der Waals surface area contributed by atoms with Crippen molar-refractivity contribution < 1.29 is 0 Å². The summed E-state index contributed by atoms with van der Waals surface area (Å²) >= 11 is 1.60. The number of nitrogens with two attached hydrogens (primary N) is 1. The lowest BCUT2D eigenvalue weighted by Gasteiger charge is -2.07. The molecule has 0 amide bonds. The minimum absolute atomic E-state index is 0.453. The van der Waals surface area contributed by atoms with Crippen LogP contribution in [0.15, 0.2) is 23.2 Å². The Morgan fingerprint density at radius 3 is 3.00 bits per heavy atom. The number of guanidine groups is 1. The lowest BCUT2D eigenvalue weighted by Crippen LogP contribution is -2.23. The van der Waals surface area contributed by atoms with E-state index in [2.05, 4.69) is 38.7 Å². The van der Waals surface area contributed by atoms with Crippen LogP contribution in [-0.4, -0.2) is 22.7 Å². The van der Waals surface area contributed by atoms with Gasteiger partial charge in [-0.05, 0) is 49.4 Å². The molecule has 1 aromatic heterocycles. The SMILES string of the molecule is Cc1nnc(CCN=C(N)Nc2ccc3c(c2)CCC3)s1. The number of aromatic nitrogens is 2. The summed E-state index contributed by atoms with van der Waals surface area (Å²) < 4.78 is 0. The van der Waals surface area contributed by atoms with Gasteiger partial charge in [0, 0.05) is 18.7 Å². The molecule has 0 unspecified atom stereocenters. The average Bonchev–Trinajstić information content (AvgIpc) is 3.07. The molecular weight excluding hydrogens is 282 g/mol. The van der Waals surface area contributed by atoms with Gasteiger partial charge in [-0.2, -0.15) is 0 Å². The highest BCUT2D eigenvalue weighted by Crippen LogP contribution is 2.24. The van der Waals surface area contributed by atoms with Crippen molar-refractivity contribution >= 4 is 23.0 Å². The highest BCUT2D eigenvalue weighted by Gasteiger charge is 2.10. The van der Waals surface area contributed by atoms with E-state index in [1.165, 1.54) is 24.0 Å². The first-order valence-corrected chi connectivity index (χ1v) is 8.00. The summed E-state index contributed by atoms with van der Waals surface area (Å²) in [5.74, 6) is 0.453. The van der Waals surface area contributed by atoms with Gasteiger partial charge in [0.2, 0.25) is 0 Å². The Bertz CT molecular complexity index is 662. The molecule has 0 radical (unpaired) electrons. The molecule has 0 saturated heterocycles. The third-order valence-corrected chi connectivity index (χ3v) is 4.45. The number of nitrogens with zero attached hydrogens (tertiary/aromatic N) is 3. The molecule has 6 heteroatoms. The van der Waals surface area contributed by atoms with Gasteiger partial charge >= 0.3 is 0 Å². The number of aryl methyl sites for hydroxylation is 3. The third-order valence-electron chi connectivity index (χ3n) is 3.55. The van der Waals surface area contributed by atoms with Crippen molar-refractivity contribution in [2.24, 2.45) is 10.7 Å². The molecule has 3 N–H and O–H groups in total. The topological polar surface area (TPSA) is 76.2 Å². The summed E-state index contributed by atoms with van der Waals surface area (Å²) in [6.45, 7) is 2.58. The highest BCUT2D eigenvalue weighted by atomic mass is 32.1. The van der Waals surface area contributed by atoms with Gasteiger partial charge in [-0.25, -0.2) is 0 Å². The van der Waals surface area contributed by atoms with Gasteiger partial charge in [-0.3, -0.25) is 4.99 Å².